The molecular formula is C10H18N3+. The van der Waals surface area contributed by atoms with Gasteiger partial charge in [-0.1, -0.05) is 0 Å². The highest BCUT2D eigenvalue weighted by Gasteiger charge is 2.41. The van der Waals surface area contributed by atoms with Crippen LogP contribution in [0, 0.1) is 34.7 Å². The maximum Gasteiger partial charge on any atom is 0.211 e. The van der Waals surface area contributed by atoms with Crippen molar-refractivity contribution in [2.45, 2.75) is 38.5 Å². The third kappa shape index (κ3) is 1.80. The second kappa shape index (κ2) is 3.59. The number of nitrogens with one attached hydrogen (secondary N) is 2. The average molecular weight is 180 g/mol. The van der Waals surface area contributed by atoms with Crippen molar-refractivity contribution in [1.82, 2.24) is 4.91 Å². The molecule has 2 N–H and O–H groups in total. The quantitative estimate of drug-likeness (QED) is 0.425. The molecule has 13 heavy (non-hydrogen) atoms. The van der Waals surface area contributed by atoms with Crippen LogP contribution in [0.15, 0.2) is 0 Å². The standard InChI is InChI=1S/C10H16.H2N3/c1-7-2-9-4-8(1)5-10(3-7)6-9;1-3-2/h7-10H,1-6H2;1-2H/q;+1. The van der Waals surface area contributed by atoms with Crippen LogP contribution in [-0.2, 0) is 0 Å². The van der Waals surface area contributed by atoms with Gasteiger partial charge in [0.1, 0.15) is 11.1 Å². The molecule has 0 radical (unpaired) electrons. The van der Waals surface area contributed by atoms with Gasteiger partial charge in [0.2, 0.25) is 4.91 Å². The molecule has 3 nitrogen and oxygen atoms in total. The van der Waals surface area contributed by atoms with Crippen LogP contribution in [0.3, 0.4) is 0 Å². The molecule has 0 aromatic carbocycles. The van der Waals surface area contributed by atoms with Crippen LogP contribution >= 0.6 is 0 Å². The van der Waals surface area contributed by atoms with E-state index >= 15 is 0 Å². The summed E-state index contributed by atoms with van der Waals surface area (Å²) in [5, 5.41) is 0. The highest BCUT2D eigenvalue weighted by molar-refractivity contribution is 4.92. The van der Waals surface area contributed by atoms with Crippen molar-refractivity contribution >= 4 is 0 Å². The van der Waals surface area contributed by atoms with E-state index in [9.17, 15) is 0 Å². The summed E-state index contributed by atoms with van der Waals surface area (Å²) >= 11 is 0. The van der Waals surface area contributed by atoms with Crippen molar-refractivity contribution in [3.05, 3.63) is 0 Å². The van der Waals surface area contributed by atoms with Gasteiger partial charge < -0.3 is 0 Å². The predicted molar refractivity (Wildman–Crippen MR) is 49.2 cm³/mol. The number of hydrogen-bond acceptors (Lipinski definition) is 2. The van der Waals surface area contributed by atoms with Crippen LogP contribution in [0.25, 0.3) is 0 Å². The van der Waals surface area contributed by atoms with Crippen LogP contribution < -0.4 is 4.91 Å². The zero-order valence-electron chi connectivity index (χ0n) is 8.00. The minimum Gasteiger partial charge on any atom is -0.0475 e. The lowest BCUT2D eigenvalue weighted by molar-refractivity contribution is 0.0198. The number of nitrogens with zero attached hydrogens (tertiary/aromatic N) is 1. The SMILES string of the molecule is C1C2CC3CC1CC(C2)C3.N=[N+]=N. The first-order chi connectivity index (χ1) is 6.31. The molecule has 4 bridgehead atoms. The average Bonchev–Trinajstić information content (AvgIpc) is 2.01. The summed E-state index contributed by atoms with van der Waals surface area (Å²) in [6.45, 7) is 0. The van der Waals surface area contributed by atoms with Gasteiger partial charge in [-0.2, -0.15) is 0 Å². The van der Waals surface area contributed by atoms with Gasteiger partial charge in [0.15, 0.2) is 0 Å². The summed E-state index contributed by atoms with van der Waals surface area (Å²) < 4.78 is 0. The first-order valence-electron chi connectivity index (χ1n) is 5.35. The van der Waals surface area contributed by atoms with Gasteiger partial charge in [0, 0.05) is 0 Å². The van der Waals surface area contributed by atoms with Gasteiger partial charge >= 0.3 is 0 Å². The van der Waals surface area contributed by atoms with E-state index < -0.39 is 0 Å². The number of hydrogen-bond donors (Lipinski definition) is 2. The molecule has 0 saturated heterocycles. The van der Waals surface area contributed by atoms with Gasteiger partial charge in [0.05, 0.1) is 0 Å². The topological polar surface area (TPSA) is 61.8 Å². The Morgan fingerprint density at radius 1 is 0.615 bits per heavy atom. The van der Waals surface area contributed by atoms with Crippen molar-refractivity contribution in [2.24, 2.45) is 23.7 Å². The fraction of sp³-hybridized carbons (Fsp3) is 1.00. The second-order valence-corrected chi connectivity index (χ2v) is 4.99. The van der Waals surface area contributed by atoms with Gasteiger partial charge in [-0.05, 0) is 62.2 Å². The molecule has 0 atom stereocenters. The Labute approximate surface area is 78.9 Å². The van der Waals surface area contributed by atoms with E-state index in [0.717, 1.165) is 0 Å². The summed E-state index contributed by atoms with van der Waals surface area (Å²) in [4.78, 5) is 2.00. The van der Waals surface area contributed by atoms with Crippen LogP contribution in [0.2, 0.25) is 0 Å². The van der Waals surface area contributed by atoms with E-state index in [2.05, 4.69) is 0 Å². The maximum absolute atomic E-state index is 5.50. The minimum atomic E-state index is 1.18. The Balaban J connectivity index is 0.000000196. The van der Waals surface area contributed by atoms with Crippen LogP contribution in [-0.4, -0.2) is 0 Å². The molecule has 4 aliphatic carbocycles. The third-order valence-corrected chi connectivity index (χ3v) is 4.00. The van der Waals surface area contributed by atoms with Crippen molar-refractivity contribution in [1.29, 1.82) is 11.1 Å². The fourth-order valence-corrected chi connectivity index (χ4v) is 3.98. The molecule has 4 aliphatic rings. The molecule has 4 rings (SSSR count). The highest BCUT2D eigenvalue weighted by atomic mass is 15.0. The third-order valence-electron chi connectivity index (χ3n) is 4.00. The van der Waals surface area contributed by atoms with Gasteiger partial charge in [0.25, 0.3) is 0 Å². The summed E-state index contributed by atoms with van der Waals surface area (Å²) in [5.41, 5.74) is 11.0. The Bertz CT molecular complexity index is 162. The van der Waals surface area contributed by atoms with E-state index in [-0.39, 0.29) is 0 Å². The molecule has 72 valence electrons. The maximum atomic E-state index is 5.50. The van der Waals surface area contributed by atoms with Crippen molar-refractivity contribution < 1.29 is 0 Å². The molecule has 4 saturated carbocycles. The summed E-state index contributed by atoms with van der Waals surface area (Å²) in [6.07, 6.45) is 9.62. The second-order valence-electron chi connectivity index (χ2n) is 4.99. The first-order valence-corrected chi connectivity index (χ1v) is 5.35. The molecule has 0 amide bonds. The molecule has 0 heterocycles. The lowest BCUT2D eigenvalue weighted by Crippen LogP contribution is -2.38. The molecule has 0 aliphatic heterocycles. The highest BCUT2D eigenvalue weighted by Crippen LogP contribution is 2.53. The molecular weight excluding hydrogens is 162 g/mol. The molecule has 0 aromatic rings. The van der Waals surface area contributed by atoms with Crippen molar-refractivity contribution in [2.75, 3.05) is 0 Å². The molecule has 0 aromatic heterocycles. The van der Waals surface area contributed by atoms with Crippen molar-refractivity contribution in [3.8, 4) is 0 Å². The molecule has 0 unspecified atom stereocenters. The normalized spacial score (nSPS) is 44.9. The lowest BCUT2D eigenvalue weighted by atomic mass is 9.56. The monoisotopic (exact) mass is 180 g/mol. The van der Waals surface area contributed by atoms with Crippen molar-refractivity contribution in [3.63, 3.8) is 0 Å². The summed E-state index contributed by atoms with van der Waals surface area (Å²) in [5.74, 6) is 4.71. The number of rotatable bonds is 0. The Morgan fingerprint density at radius 2 is 0.769 bits per heavy atom. The van der Waals surface area contributed by atoms with Crippen LogP contribution in [0.1, 0.15) is 38.5 Å². The van der Waals surface area contributed by atoms with E-state index in [1.165, 1.54) is 23.7 Å². The van der Waals surface area contributed by atoms with Gasteiger partial charge in [-0.3, -0.25) is 0 Å². The Morgan fingerprint density at radius 3 is 0.923 bits per heavy atom. The zero-order chi connectivity index (χ0) is 9.26. The summed E-state index contributed by atoms with van der Waals surface area (Å²) in [7, 11) is 0. The Hall–Kier alpha value is -0.690. The summed E-state index contributed by atoms with van der Waals surface area (Å²) in [6, 6.07) is 0. The van der Waals surface area contributed by atoms with Crippen LogP contribution in [0.5, 0.6) is 0 Å². The zero-order valence-corrected chi connectivity index (χ0v) is 8.00. The first kappa shape index (κ1) is 8.89. The smallest absolute Gasteiger partial charge is 0.0475 e. The van der Waals surface area contributed by atoms with Gasteiger partial charge in [-0.25, -0.2) is 0 Å². The van der Waals surface area contributed by atoms with E-state index in [1.807, 2.05) is 4.91 Å². The largest absolute Gasteiger partial charge is 0.211 e. The van der Waals surface area contributed by atoms with E-state index in [4.69, 9.17) is 11.1 Å². The molecule has 3 heteroatoms. The van der Waals surface area contributed by atoms with Gasteiger partial charge in [-0.15, -0.1) is 0 Å². The molecule has 4 fully saturated rings. The minimum absolute atomic E-state index is 1.18. The van der Waals surface area contributed by atoms with E-state index in [0.29, 0.717) is 0 Å². The Kier molecular flexibility index (Phi) is 2.45. The molecule has 0 spiro atoms. The lowest BCUT2D eigenvalue weighted by Gasteiger charge is -2.49. The predicted octanol–water partition coefficient (Wildman–Crippen LogP) is 2.95. The van der Waals surface area contributed by atoms with E-state index in [1.54, 1.807) is 38.5 Å². The fourth-order valence-electron chi connectivity index (χ4n) is 3.98. The van der Waals surface area contributed by atoms with Crippen LogP contribution in [0.4, 0.5) is 0 Å².